The molecule has 82 valence electrons. The van der Waals surface area contributed by atoms with Crippen LogP contribution in [0.4, 0.5) is 0 Å². The fourth-order valence-electron chi connectivity index (χ4n) is 2.57. The molecule has 1 heterocycles. The van der Waals surface area contributed by atoms with Crippen LogP contribution in [0, 0.1) is 0 Å². The van der Waals surface area contributed by atoms with E-state index in [2.05, 4.69) is 31.2 Å². The third-order valence-electron chi connectivity index (χ3n) is 3.57. The largest absolute Gasteiger partial charge is 0.253 e. The number of aryl methyl sites for hydroxylation is 3. The Labute approximate surface area is 96.5 Å². The maximum absolute atomic E-state index is 4.79. The van der Waals surface area contributed by atoms with Gasteiger partial charge in [0.15, 0.2) is 0 Å². The van der Waals surface area contributed by atoms with E-state index in [9.17, 15) is 0 Å². The maximum atomic E-state index is 4.79. The Morgan fingerprint density at radius 2 is 2.00 bits per heavy atom. The lowest BCUT2D eigenvalue weighted by Crippen LogP contribution is -2.05. The summed E-state index contributed by atoms with van der Waals surface area (Å²) in [5.74, 6) is 0. The summed E-state index contributed by atoms with van der Waals surface area (Å²) >= 11 is 0. The molecule has 0 atom stereocenters. The molecule has 0 amide bonds. The van der Waals surface area contributed by atoms with Gasteiger partial charge in [0.25, 0.3) is 0 Å². The molecule has 1 aromatic heterocycles. The molecule has 2 aromatic rings. The average molecular weight is 211 g/mol. The molecule has 1 nitrogen and oxygen atoms in total. The highest BCUT2D eigenvalue weighted by Gasteiger charge is 2.11. The van der Waals surface area contributed by atoms with E-state index >= 15 is 0 Å². The Morgan fingerprint density at radius 3 is 2.88 bits per heavy atom. The normalized spacial score (nSPS) is 15.1. The van der Waals surface area contributed by atoms with Crippen LogP contribution in [0.1, 0.15) is 36.6 Å². The number of benzene rings is 1. The summed E-state index contributed by atoms with van der Waals surface area (Å²) in [7, 11) is 0. The average Bonchev–Trinajstić information content (AvgIpc) is 2.35. The van der Waals surface area contributed by atoms with Crippen molar-refractivity contribution in [3.8, 4) is 0 Å². The van der Waals surface area contributed by atoms with Gasteiger partial charge < -0.3 is 0 Å². The Hall–Kier alpha value is -1.37. The summed E-state index contributed by atoms with van der Waals surface area (Å²) in [6, 6.07) is 9.01. The van der Waals surface area contributed by atoms with E-state index < -0.39 is 0 Å². The summed E-state index contributed by atoms with van der Waals surface area (Å²) in [5.41, 5.74) is 5.39. The van der Waals surface area contributed by atoms with Crippen molar-refractivity contribution in [3.05, 3.63) is 41.1 Å². The van der Waals surface area contributed by atoms with Crippen LogP contribution >= 0.6 is 0 Å². The SMILES string of the molecule is CCc1ccc2nc3c(cc2c1)CCCC3. The van der Waals surface area contributed by atoms with Gasteiger partial charge in [-0.3, -0.25) is 4.98 Å². The zero-order valence-corrected chi connectivity index (χ0v) is 9.79. The second-order valence-electron chi connectivity index (χ2n) is 4.68. The first-order valence-corrected chi connectivity index (χ1v) is 6.28. The Morgan fingerprint density at radius 1 is 1.12 bits per heavy atom. The second kappa shape index (κ2) is 3.89. The van der Waals surface area contributed by atoms with Gasteiger partial charge in [-0.2, -0.15) is 0 Å². The Bertz CT molecular complexity index is 528. The predicted octanol–water partition coefficient (Wildman–Crippen LogP) is 3.68. The molecule has 0 saturated heterocycles. The van der Waals surface area contributed by atoms with Crippen LogP contribution in [0.2, 0.25) is 0 Å². The maximum Gasteiger partial charge on any atom is 0.0705 e. The summed E-state index contributed by atoms with van der Waals surface area (Å²) in [6.45, 7) is 2.20. The van der Waals surface area contributed by atoms with E-state index in [1.165, 1.54) is 47.9 Å². The monoisotopic (exact) mass is 211 g/mol. The standard InChI is InChI=1S/C15H17N/c1-2-11-7-8-15-13(9-11)10-12-5-3-4-6-14(12)16-15/h7-10H,2-6H2,1H3. The lowest BCUT2D eigenvalue weighted by atomic mass is 9.94. The summed E-state index contributed by atoms with van der Waals surface area (Å²) in [6.07, 6.45) is 6.12. The van der Waals surface area contributed by atoms with Crippen molar-refractivity contribution < 1.29 is 0 Å². The smallest absolute Gasteiger partial charge is 0.0705 e. The summed E-state index contributed by atoms with van der Waals surface area (Å²) in [4.78, 5) is 4.79. The van der Waals surface area contributed by atoms with Crippen molar-refractivity contribution in [2.75, 3.05) is 0 Å². The van der Waals surface area contributed by atoms with Crippen molar-refractivity contribution in [2.45, 2.75) is 39.0 Å². The molecular formula is C15H17N. The molecule has 16 heavy (non-hydrogen) atoms. The highest BCUT2D eigenvalue weighted by atomic mass is 14.7. The number of pyridine rings is 1. The first-order valence-electron chi connectivity index (χ1n) is 6.28. The zero-order chi connectivity index (χ0) is 11.0. The number of rotatable bonds is 1. The third-order valence-corrected chi connectivity index (χ3v) is 3.57. The molecule has 0 unspecified atom stereocenters. The molecule has 0 N–H and O–H groups in total. The minimum Gasteiger partial charge on any atom is -0.253 e. The molecule has 3 rings (SSSR count). The van der Waals surface area contributed by atoms with Crippen molar-refractivity contribution in [2.24, 2.45) is 0 Å². The van der Waals surface area contributed by atoms with Gasteiger partial charge in [0.1, 0.15) is 0 Å². The number of nitrogens with zero attached hydrogens (tertiary/aromatic N) is 1. The van der Waals surface area contributed by atoms with Gasteiger partial charge in [0.2, 0.25) is 0 Å². The van der Waals surface area contributed by atoms with Crippen LogP contribution in [0.25, 0.3) is 10.9 Å². The molecule has 0 fully saturated rings. The summed E-state index contributed by atoms with van der Waals surface area (Å²) in [5, 5.41) is 1.32. The van der Waals surface area contributed by atoms with E-state index in [1.54, 1.807) is 0 Å². The van der Waals surface area contributed by atoms with E-state index in [4.69, 9.17) is 4.98 Å². The molecule has 1 aliphatic carbocycles. The van der Waals surface area contributed by atoms with Gasteiger partial charge in [0, 0.05) is 11.1 Å². The molecule has 1 aromatic carbocycles. The second-order valence-corrected chi connectivity index (χ2v) is 4.68. The first kappa shape index (κ1) is 9.83. The molecule has 0 bridgehead atoms. The predicted molar refractivity (Wildman–Crippen MR) is 67.8 cm³/mol. The topological polar surface area (TPSA) is 12.9 Å². The van der Waals surface area contributed by atoms with Crippen molar-refractivity contribution >= 4 is 10.9 Å². The minimum atomic E-state index is 1.10. The highest BCUT2D eigenvalue weighted by Crippen LogP contribution is 2.24. The fraction of sp³-hybridized carbons (Fsp3) is 0.400. The molecule has 1 heteroatoms. The first-order chi connectivity index (χ1) is 7.86. The van der Waals surface area contributed by atoms with Crippen LogP contribution in [0.3, 0.4) is 0 Å². The lowest BCUT2D eigenvalue weighted by Gasteiger charge is -2.15. The fourth-order valence-corrected chi connectivity index (χ4v) is 2.57. The van der Waals surface area contributed by atoms with Gasteiger partial charge in [-0.1, -0.05) is 13.0 Å². The van der Waals surface area contributed by atoms with Gasteiger partial charge in [0.05, 0.1) is 5.52 Å². The number of fused-ring (bicyclic) bond motifs is 2. The molecule has 1 aliphatic rings. The van der Waals surface area contributed by atoms with E-state index in [0.29, 0.717) is 0 Å². The molecular weight excluding hydrogens is 194 g/mol. The quantitative estimate of drug-likeness (QED) is 0.701. The van der Waals surface area contributed by atoms with Crippen LogP contribution in [-0.2, 0) is 19.3 Å². The molecule has 0 saturated carbocycles. The van der Waals surface area contributed by atoms with Crippen LogP contribution in [-0.4, -0.2) is 4.98 Å². The summed E-state index contributed by atoms with van der Waals surface area (Å²) < 4.78 is 0. The molecule has 0 aliphatic heterocycles. The van der Waals surface area contributed by atoms with Gasteiger partial charge in [-0.05, 0) is 61.4 Å². The minimum absolute atomic E-state index is 1.10. The van der Waals surface area contributed by atoms with Crippen molar-refractivity contribution in [1.29, 1.82) is 0 Å². The van der Waals surface area contributed by atoms with E-state index in [-0.39, 0.29) is 0 Å². The Kier molecular flexibility index (Phi) is 2.39. The number of hydrogen-bond acceptors (Lipinski definition) is 1. The Balaban J connectivity index is 2.19. The van der Waals surface area contributed by atoms with Gasteiger partial charge >= 0.3 is 0 Å². The van der Waals surface area contributed by atoms with Gasteiger partial charge in [-0.25, -0.2) is 0 Å². The molecule has 0 radical (unpaired) electrons. The van der Waals surface area contributed by atoms with Gasteiger partial charge in [-0.15, -0.1) is 0 Å². The lowest BCUT2D eigenvalue weighted by molar-refractivity contribution is 0.671. The van der Waals surface area contributed by atoms with E-state index in [0.717, 1.165) is 11.9 Å². The van der Waals surface area contributed by atoms with Crippen LogP contribution in [0.5, 0.6) is 0 Å². The third kappa shape index (κ3) is 1.60. The van der Waals surface area contributed by atoms with Crippen molar-refractivity contribution in [3.63, 3.8) is 0 Å². The van der Waals surface area contributed by atoms with Crippen molar-refractivity contribution in [1.82, 2.24) is 4.98 Å². The number of hydrogen-bond donors (Lipinski definition) is 0. The number of aromatic nitrogens is 1. The zero-order valence-electron chi connectivity index (χ0n) is 9.79. The molecule has 0 spiro atoms. The van der Waals surface area contributed by atoms with E-state index in [1.807, 2.05) is 0 Å². The van der Waals surface area contributed by atoms with Crippen LogP contribution < -0.4 is 0 Å². The van der Waals surface area contributed by atoms with Crippen LogP contribution in [0.15, 0.2) is 24.3 Å². The highest BCUT2D eigenvalue weighted by molar-refractivity contribution is 5.80.